The summed E-state index contributed by atoms with van der Waals surface area (Å²) in [6.07, 6.45) is -0.580. The third kappa shape index (κ3) is 2.28. The number of carboxylic acids is 1. The summed E-state index contributed by atoms with van der Waals surface area (Å²) in [7, 11) is 0. The van der Waals surface area contributed by atoms with E-state index in [1.54, 1.807) is 0 Å². The summed E-state index contributed by atoms with van der Waals surface area (Å²) < 4.78 is 0. The Balaban J connectivity index is 2.04. The number of hydrogen-bond donors (Lipinski definition) is 3. The zero-order valence-electron chi connectivity index (χ0n) is 9.80. The number of likely N-dealkylation sites (tertiary alicyclic amines) is 1. The third-order valence-electron chi connectivity index (χ3n) is 3.76. The number of aliphatic hydroxyl groups is 1. The van der Waals surface area contributed by atoms with Crippen LogP contribution in [0.2, 0.25) is 0 Å². The van der Waals surface area contributed by atoms with Gasteiger partial charge in [0.1, 0.15) is 6.04 Å². The van der Waals surface area contributed by atoms with Crippen LogP contribution in [-0.2, 0) is 9.59 Å². The van der Waals surface area contributed by atoms with E-state index < -0.39 is 18.1 Å². The Morgan fingerprint density at radius 2 is 2.06 bits per heavy atom. The van der Waals surface area contributed by atoms with Gasteiger partial charge in [-0.05, 0) is 19.0 Å². The molecule has 0 saturated carbocycles. The molecule has 0 radical (unpaired) electrons. The Bertz CT molecular complexity index is 329. The SMILES string of the molecule is CC(C(=O)N1C[C@@H](O)C[C@H]1C(=O)O)C1CNC1. The molecule has 17 heavy (non-hydrogen) atoms. The minimum absolute atomic E-state index is 0.136. The maximum atomic E-state index is 12.2. The van der Waals surface area contributed by atoms with Crippen LogP contribution in [0.25, 0.3) is 0 Å². The Morgan fingerprint density at radius 3 is 2.53 bits per heavy atom. The smallest absolute Gasteiger partial charge is 0.326 e. The number of β-amino-alcohol motifs (C(OH)–C–C–N with tert-alkyl or cyclic N) is 1. The van der Waals surface area contributed by atoms with E-state index in [-0.39, 0.29) is 30.7 Å². The molecule has 3 atom stereocenters. The zero-order chi connectivity index (χ0) is 12.6. The predicted molar refractivity (Wildman–Crippen MR) is 59.3 cm³/mol. The highest BCUT2D eigenvalue weighted by molar-refractivity contribution is 5.86. The number of carboxylic acid groups (broad SMARTS) is 1. The van der Waals surface area contributed by atoms with Crippen LogP contribution in [0, 0.1) is 11.8 Å². The standard InChI is InChI=1S/C11H18N2O4/c1-6(7-3-12-4-7)10(15)13-5-8(14)2-9(13)11(16)17/h6-9,12,14H,2-5H2,1H3,(H,16,17)/t6?,8-,9-/m0/s1. The van der Waals surface area contributed by atoms with Crippen molar-refractivity contribution < 1.29 is 19.8 Å². The first-order valence-corrected chi connectivity index (χ1v) is 5.92. The van der Waals surface area contributed by atoms with E-state index in [9.17, 15) is 14.7 Å². The molecule has 6 heteroatoms. The van der Waals surface area contributed by atoms with Gasteiger partial charge in [0.15, 0.2) is 0 Å². The second-order valence-corrected chi connectivity index (χ2v) is 4.94. The van der Waals surface area contributed by atoms with E-state index in [0.29, 0.717) is 0 Å². The second-order valence-electron chi connectivity index (χ2n) is 4.94. The lowest BCUT2D eigenvalue weighted by Crippen LogP contribution is -2.52. The van der Waals surface area contributed by atoms with Crippen molar-refractivity contribution in [1.29, 1.82) is 0 Å². The Labute approximate surface area is 99.6 Å². The van der Waals surface area contributed by atoms with Crippen molar-refractivity contribution >= 4 is 11.9 Å². The van der Waals surface area contributed by atoms with E-state index in [0.717, 1.165) is 13.1 Å². The number of amides is 1. The first-order chi connectivity index (χ1) is 8.00. The largest absolute Gasteiger partial charge is 0.480 e. The van der Waals surface area contributed by atoms with Gasteiger partial charge in [0.25, 0.3) is 0 Å². The molecule has 0 aromatic carbocycles. The molecule has 1 unspecified atom stereocenters. The van der Waals surface area contributed by atoms with Crippen molar-refractivity contribution in [1.82, 2.24) is 10.2 Å². The Hall–Kier alpha value is -1.14. The number of aliphatic carboxylic acids is 1. The number of nitrogens with one attached hydrogen (secondary N) is 1. The maximum absolute atomic E-state index is 12.2. The van der Waals surface area contributed by atoms with Crippen molar-refractivity contribution in [2.24, 2.45) is 11.8 Å². The first-order valence-electron chi connectivity index (χ1n) is 5.92. The molecular formula is C11H18N2O4. The van der Waals surface area contributed by atoms with Gasteiger partial charge in [-0.2, -0.15) is 0 Å². The summed E-state index contributed by atoms with van der Waals surface area (Å²) in [5, 5.41) is 21.6. The fourth-order valence-corrected chi connectivity index (χ4v) is 2.42. The topological polar surface area (TPSA) is 89.9 Å². The summed E-state index contributed by atoms with van der Waals surface area (Å²) in [4.78, 5) is 24.5. The highest BCUT2D eigenvalue weighted by atomic mass is 16.4. The van der Waals surface area contributed by atoms with Crippen LogP contribution in [0.4, 0.5) is 0 Å². The Kier molecular flexibility index (Phi) is 3.35. The Morgan fingerprint density at radius 1 is 1.41 bits per heavy atom. The highest BCUT2D eigenvalue weighted by Crippen LogP contribution is 2.25. The number of rotatable bonds is 3. The maximum Gasteiger partial charge on any atom is 0.326 e. The van der Waals surface area contributed by atoms with E-state index >= 15 is 0 Å². The molecule has 2 saturated heterocycles. The van der Waals surface area contributed by atoms with Crippen molar-refractivity contribution in [2.45, 2.75) is 25.5 Å². The lowest BCUT2D eigenvalue weighted by Gasteiger charge is -2.34. The molecule has 2 fully saturated rings. The molecule has 0 spiro atoms. The van der Waals surface area contributed by atoms with Crippen molar-refractivity contribution in [3.63, 3.8) is 0 Å². The van der Waals surface area contributed by atoms with Crippen LogP contribution in [0.1, 0.15) is 13.3 Å². The molecule has 2 heterocycles. The van der Waals surface area contributed by atoms with Gasteiger partial charge in [0, 0.05) is 18.9 Å². The fraction of sp³-hybridized carbons (Fsp3) is 0.818. The average Bonchev–Trinajstić information content (AvgIpc) is 2.56. The van der Waals surface area contributed by atoms with Crippen LogP contribution in [0.3, 0.4) is 0 Å². The summed E-state index contributed by atoms with van der Waals surface area (Å²) in [6, 6.07) is -0.868. The monoisotopic (exact) mass is 242 g/mol. The summed E-state index contributed by atoms with van der Waals surface area (Å²) >= 11 is 0. The van der Waals surface area contributed by atoms with Crippen molar-refractivity contribution in [3.8, 4) is 0 Å². The quantitative estimate of drug-likeness (QED) is 0.584. The van der Waals surface area contributed by atoms with Gasteiger partial charge < -0.3 is 20.4 Å². The molecule has 3 N–H and O–H groups in total. The summed E-state index contributed by atoms with van der Waals surface area (Å²) in [5.74, 6) is -1.08. The van der Waals surface area contributed by atoms with Crippen LogP contribution >= 0.6 is 0 Å². The van der Waals surface area contributed by atoms with E-state index in [1.807, 2.05) is 6.92 Å². The number of hydrogen-bond acceptors (Lipinski definition) is 4. The normalized spacial score (nSPS) is 31.1. The molecule has 0 aliphatic carbocycles. The highest BCUT2D eigenvalue weighted by Gasteiger charge is 2.42. The first kappa shape index (κ1) is 12.3. The molecule has 1 amide bonds. The van der Waals surface area contributed by atoms with Gasteiger partial charge >= 0.3 is 5.97 Å². The van der Waals surface area contributed by atoms with Crippen molar-refractivity contribution in [3.05, 3.63) is 0 Å². The van der Waals surface area contributed by atoms with E-state index in [1.165, 1.54) is 4.90 Å². The molecule has 2 aliphatic heterocycles. The lowest BCUT2D eigenvalue weighted by atomic mass is 9.88. The molecule has 2 aliphatic rings. The summed E-state index contributed by atoms with van der Waals surface area (Å²) in [6.45, 7) is 3.58. The molecule has 0 bridgehead atoms. The van der Waals surface area contributed by atoms with Crippen LogP contribution < -0.4 is 5.32 Å². The lowest BCUT2D eigenvalue weighted by molar-refractivity contribution is -0.150. The van der Waals surface area contributed by atoms with Gasteiger partial charge in [0.05, 0.1) is 6.10 Å². The molecule has 96 valence electrons. The van der Waals surface area contributed by atoms with Crippen LogP contribution in [-0.4, -0.2) is 58.8 Å². The molecule has 0 aromatic heterocycles. The van der Waals surface area contributed by atoms with Crippen molar-refractivity contribution in [2.75, 3.05) is 19.6 Å². The molecule has 6 nitrogen and oxygen atoms in total. The van der Waals surface area contributed by atoms with Crippen LogP contribution in [0.5, 0.6) is 0 Å². The number of carbonyl (C=O) groups excluding carboxylic acids is 1. The zero-order valence-corrected chi connectivity index (χ0v) is 9.80. The van der Waals surface area contributed by atoms with Gasteiger partial charge in [-0.15, -0.1) is 0 Å². The van der Waals surface area contributed by atoms with E-state index in [4.69, 9.17) is 5.11 Å². The fourth-order valence-electron chi connectivity index (χ4n) is 2.42. The number of nitrogens with zero attached hydrogens (tertiary/aromatic N) is 1. The molecule has 2 rings (SSSR count). The van der Waals surface area contributed by atoms with Crippen LogP contribution in [0.15, 0.2) is 0 Å². The predicted octanol–water partition coefficient (Wildman–Crippen LogP) is -1.11. The minimum atomic E-state index is -1.03. The van der Waals surface area contributed by atoms with Gasteiger partial charge in [-0.1, -0.05) is 6.92 Å². The van der Waals surface area contributed by atoms with E-state index in [2.05, 4.69) is 5.32 Å². The number of carbonyl (C=O) groups is 2. The minimum Gasteiger partial charge on any atom is -0.480 e. The second kappa shape index (κ2) is 4.62. The third-order valence-corrected chi connectivity index (χ3v) is 3.76. The van der Waals surface area contributed by atoms with Gasteiger partial charge in [-0.25, -0.2) is 4.79 Å². The molecule has 0 aromatic rings. The average molecular weight is 242 g/mol. The summed E-state index contributed by atoms with van der Waals surface area (Å²) in [5.41, 5.74) is 0. The van der Waals surface area contributed by atoms with Gasteiger partial charge in [-0.3, -0.25) is 4.79 Å². The molecular weight excluding hydrogens is 224 g/mol. The van der Waals surface area contributed by atoms with Gasteiger partial charge in [0.2, 0.25) is 5.91 Å². The number of aliphatic hydroxyl groups excluding tert-OH is 1.